The van der Waals surface area contributed by atoms with Crippen LogP contribution < -0.4 is 14.4 Å². The second-order valence-electron chi connectivity index (χ2n) is 4.58. The molecule has 4 heteroatoms. The second-order valence-corrected chi connectivity index (χ2v) is 4.58. The average molecular weight is 249 g/mol. The minimum absolute atomic E-state index is 0.165. The van der Waals surface area contributed by atoms with Crippen LogP contribution in [0.3, 0.4) is 0 Å². The zero-order valence-electron chi connectivity index (χ0n) is 11.1. The lowest BCUT2D eigenvalue weighted by Gasteiger charge is -2.19. The Kier molecular flexibility index (Phi) is 3.75. The maximum Gasteiger partial charge on any atom is 0.162 e. The Balaban J connectivity index is 2.17. The molecular formula is C14H19NO3. The quantitative estimate of drug-likeness (QED) is 0.819. The van der Waals surface area contributed by atoms with Crippen LogP contribution >= 0.6 is 0 Å². The van der Waals surface area contributed by atoms with Gasteiger partial charge in [-0.05, 0) is 25.5 Å². The van der Waals surface area contributed by atoms with Crippen LogP contribution in [-0.4, -0.2) is 33.1 Å². The van der Waals surface area contributed by atoms with Crippen LogP contribution in [0.2, 0.25) is 0 Å². The van der Waals surface area contributed by atoms with Gasteiger partial charge in [-0.15, -0.1) is 0 Å². The summed E-state index contributed by atoms with van der Waals surface area (Å²) in [5.74, 6) is 1.89. The molecule has 0 spiro atoms. The summed E-state index contributed by atoms with van der Waals surface area (Å²) in [5.41, 5.74) is 1.08. The first-order valence-electron chi connectivity index (χ1n) is 6.13. The molecule has 0 amide bonds. The Labute approximate surface area is 107 Å². The van der Waals surface area contributed by atoms with Crippen molar-refractivity contribution in [2.75, 3.05) is 32.2 Å². The van der Waals surface area contributed by atoms with Gasteiger partial charge in [0, 0.05) is 30.8 Å². The largest absolute Gasteiger partial charge is 0.493 e. The number of hydrogen-bond acceptors (Lipinski definition) is 4. The maximum atomic E-state index is 11.4. The maximum absolute atomic E-state index is 11.4. The summed E-state index contributed by atoms with van der Waals surface area (Å²) in [6.07, 6.45) is 0.934. The van der Waals surface area contributed by atoms with Crippen LogP contribution in [-0.2, 0) is 4.79 Å². The van der Waals surface area contributed by atoms with Crippen molar-refractivity contribution in [3.05, 3.63) is 18.2 Å². The van der Waals surface area contributed by atoms with Crippen LogP contribution in [0.5, 0.6) is 11.5 Å². The minimum atomic E-state index is 0.165. The minimum Gasteiger partial charge on any atom is -0.493 e. The number of nitrogens with zero attached hydrogens (tertiary/aromatic N) is 1. The molecule has 1 aliphatic rings. The Morgan fingerprint density at radius 2 is 2.00 bits per heavy atom. The van der Waals surface area contributed by atoms with Gasteiger partial charge in [0.1, 0.15) is 5.78 Å². The molecule has 1 fully saturated rings. The molecule has 0 aromatic heterocycles. The summed E-state index contributed by atoms with van der Waals surface area (Å²) in [4.78, 5) is 13.6. The molecule has 1 heterocycles. The summed E-state index contributed by atoms with van der Waals surface area (Å²) in [5, 5.41) is 0. The zero-order valence-corrected chi connectivity index (χ0v) is 11.1. The van der Waals surface area contributed by atoms with Crippen molar-refractivity contribution in [3.63, 3.8) is 0 Å². The molecule has 4 nitrogen and oxygen atoms in total. The first-order valence-corrected chi connectivity index (χ1v) is 6.13. The number of ketones is 1. The SMILES string of the molecule is COc1ccc(N2CCC(C(C)=O)C2)cc1OC. The van der Waals surface area contributed by atoms with Crippen LogP contribution in [0.15, 0.2) is 18.2 Å². The van der Waals surface area contributed by atoms with Gasteiger partial charge < -0.3 is 14.4 Å². The number of carbonyl (C=O) groups excluding carboxylic acids is 1. The molecule has 0 N–H and O–H groups in total. The number of methoxy groups -OCH3 is 2. The van der Waals surface area contributed by atoms with Crippen LogP contribution in [0, 0.1) is 5.92 Å². The van der Waals surface area contributed by atoms with Gasteiger partial charge >= 0.3 is 0 Å². The highest BCUT2D eigenvalue weighted by molar-refractivity contribution is 5.79. The lowest BCUT2D eigenvalue weighted by atomic mass is 10.1. The fourth-order valence-electron chi connectivity index (χ4n) is 2.35. The van der Waals surface area contributed by atoms with Crippen molar-refractivity contribution >= 4 is 11.5 Å². The molecule has 2 rings (SSSR count). The van der Waals surface area contributed by atoms with Crippen LogP contribution in [0.1, 0.15) is 13.3 Å². The van der Waals surface area contributed by atoms with Crippen molar-refractivity contribution in [1.82, 2.24) is 0 Å². The molecule has 0 aliphatic carbocycles. The van der Waals surface area contributed by atoms with E-state index in [1.807, 2.05) is 18.2 Å². The molecule has 98 valence electrons. The monoisotopic (exact) mass is 249 g/mol. The normalized spacial score (nSPS) is 18.8. The van der Waals surface area contributed by atoms with E-state index < -0.39 is 0 Å². The van der Waals surface area contributed by atoms with Crippen molar-refractivity contribution < 1.29 is 14.3 Å². The van der Waals surface area contributed by atoms with Gasteiger partial charge in [-0.25, -0.2) is 0 Å². The fraction of sp³-hybridized carbons (Fsp3) is 0.500. The lowest BCUT2D eigenvalue weighted by Crippen LogP contribution is -2.21. The molecule has 1 aliphatic heterocycles. The van der Waals surface area contributed by atoms with E-state index in [0.29, 0.717) is 0 Å². The molecule has 1 aromatic carbocycles. The van der Waals surface area contributed by atoms with Gasteiger partial charge in [0.05, 0.1) is 14.2 Å². The molecule has 1 atom stereocenters. The van der Waals surface area contributed by atoms with Gasteiger partial charge in [-0.2, -0.15) is 0 Å². The summed E-state index contributed by atoms with van der Waals surface area (Å²) in [6.45, 7) is 3.38. The highest BCUT2D eigenvalue weighted by Crippen LogP contribution is 2.33. The summed E-state index contributed by atoms with van der Waals surface area (Å²) in [7, 11) is 3.25. The smallest absolute Gasteiger partial charge is 0.162 e. The predicted molar refractivity (Wildman–Crippen MR) is 70.5 cm³/mol. The highest BCUT2D eigenvalue weighted by atomic mass is 16.5. The summed E-state index contributed by atoms with van der Waals surface area (Å²) in [6, 6.07) is 5.86. The van der Waals surface area contributed by atoms with E-state index in [1.165, 1.54) is 0 Å². The van der Waals surface area contributed by atoms with E-state index in [9.17, 15) is 4.79 Å². The average Bonchev–Trinajstić information content (AvgIpc) is 2.87. The third-order valence-electron chi connectivity index (χ3n) is 3.50. The number of benzene rings is 1. The van der Waals surface area contributed by atoms with E-state index in [2.05, 4.69) is 4.90 Å². The first-order chi connectivity index (χ1) is 8.65. The van der Waals surface area contributed by atoms with Gasteiger partial charge in [0.25, 0.3) is 0 Å². The first kappa shape index (κ1) is 12.7. The number of carbonyl (C=O) groups is 1. The summed E-state index contributed by atoms with van der Waals surface area (Å²) < 4.78 is 10.5. The topological polar surface area (TPSA) is 38.8 Å². The number of Topliss-reactive ketones (excluding diaryl/α,β-unsaturated/α-hetero) is 1. The van der Waals surface area contributed by atoms with E-state index >= 15 is 0 Å². The Morgan fingerprint density at radius 1 is 1.28 bits per heavy atom. The number of hydrogen-bond donors (Lipinski definition) is 0. The van der Waals surface area contributed by atoms with Gasteiger partial charge in [0.2, 0.25) is 0 Å². The Hall–Kier alpha value is -1.71. The number of anilines is 1. The molecule has 0 radical (unpaired) electrons. The molecule has 0 saturated carbocycles. The standard InChI is InChI=1S/C14H19NO3/c1-10(16)11-6-7-15(9-11)12-4-5-13(17-2)14(8-12)18-3/h4-5,8,11H,6-7,9H2,1-3H3. The second kappa shape index (κ2) is 5.29. The van der Waals surface area contributed by atoms with Crippen LogP contribution in [0.25, 0.3) is 0 Å². The lowest BCUT2D eigenvalue weighted by molar-refractivity contribution is -0.120. The third-order valence-corrected chi connectivity index (χ3v) is 3.50. The van der Waals surface area contributed by atoms with Gasteiger partial charge in [-0.1, -0.05) is 0 Å². The van der Waals surface area contributed by atoms with Gasteiger partial charge in [0.15, 0.2) is 11.5 Å². The molecule has 18 heavy (non-hydrogen) atoms. The molecule has 1 aromatic rings. The molecule has 1 saturated heterocycles. The molecular weight excluding hydrogens is 230 g/mol. The predicted octanol–water partition coefficient (Wildman–Crippen LogP) is 2.12. The highest BCUT2D eigenvalue weighted by Gasteiger charge is 2.26. The van der Waals surface area contributed by atoms with Crippen molar-refractivity contribution in [3.8, 4) is 11.5 Å². The zero-order chi connectivity index (χ0) is 13.1. The van der Waals surface area contributed by atoms with Crippen molar-refractivity contribution in [1.29, 1.82) is 0 Å². The van der Waals surface area contributed by atoms with E-state index in [0.717, 1.165) is 36.7 Å². The summed E-state index contributed by atoms with van der Waals surface area (Å²) >= 11 is 0. The van der Waals surface area contributed by atoms with Crippen LogP contribution in [0.4, 0.5) is 5.69 Å². The molecule has 0 bridgehead atoms. The molecule has 1 unspecified atom stereocenters. The van der Waals surface area contributed by atoms with E-state index in [4.69, 9.17) is 9.47 Å². The van der Waals surface area contributed by atoms with Crippen molar-refractivity contribution in [2.24, 2.45) is 5.92 Å². The van der Waals surface area contributed by atoms with Gasteiger partial charge in [-0.3, -0.25) is 4.79 Å². The van der Waals surface area contributed by atoms with Crippen molar-refractivity contribution in [2.45, 2.75) is 13.3 Å². The Bertz CT molecular complexity index is 445. The number of ether oxygens (including phenoxy) is 2. The Morgan fingerprint density at radius 3 is 2.56 bits per heavy atom. The third kappa shape index (κ3) is 2.42. The van der Waals surface area contributed by atoms with E-state index in [-0.39, 0.29) is 11.7 Å². The fourth-order valence-corrected chi connectivity index (χ4v) is 2.35. The number of rotatable bonds is 4. The van der Waals surface area contributed by atoms with E-state index in [1.54, 1.807) is 21.1 Å².